The predicted molar refractivity (Wildman–Crippen MR) is 91.0 cm³/mol. The van der Waals surface area contributed by atoms with E-state index < -0.39 is 0 Å². The molecule has 0 aliphatic heterocycles. The molecule has 0 spiro atoms. The van der Waals surface area contributed by atoms with E-state index in [2.05, 4.69) is 38.1 Å². The zero-order valence-corrected chi connectivity index (χ0v) is 13.4. The van der Waals surface area contributed by atoms with Gasteiger partial charge in [-0.2, -0.15) is 0 Å². The minimum atomic E-state index is -0.129. The van der Waals surface area contributed by atoms with E-state index in [1.165, 1.54) is 5.56 Å². The fraction of sp³-hybridized carbons (Fsp3) is 0.294. The number of hydrogen-bond donors (Lipinski definition) is 1. The van der Waals surface area contributed by atoms with Crippen molar-refractivity contribution in [3.05, 3.63) is 69.1 Å². The standard InChI is InChI=1S/C17H20N2OS/c1-11(2)14-7-5-13(6-8-14)10-19-12(3)4-9-15(16(18)21)17(19)20/h4-9,11H,10H2,1-3H3,(H2,18,21). The summed E-state index contributed by atoms with van der Waals surface area (Å²) in [6.45, 7) is 6.76. The van der Waals surface area contributed by atoms with Crippen LogP contribution in [0.2, 0.25) is 0 Å². The number of aromatic nitrogens is 1. The van der Waals surface area contributed by atoms with Crippen LogP contribution in [0.25, 0.3) is 0 Å². The minimum absolute atomic E-state index is 0.129. The zero-order chi connectivity index (χ0) is 15.6. The average molecular weight is 300 g/mol. The van der Waals surface area contributed by atoms with E-state index in [0.29, 0.717) is 18.0 Å². The predicted octanol–water partition coefficient (Wildman–Crippen LogP) is 2.96. The molecule has 21 heavy (non-hydrogen) atoms. The molecule has 2 rings (SSSR count). The Balaban J connectivity index is 2.37. The van der Waals surface area contributed by atoms with E-state index >= 15 is 0 Å². The van der Waals surface area contributed by atoms with Crippen molar-refractivity contribution in [3.8, 4) is 0 Å². The fourth-order valence-electron chi connectivity index (χ4n) is 2.25. The largest absolute Gasteiger partial charge is 0.389 e. The lowest BCUT2D eigenvalue weighted by Gasteiger charge is -2.13. The number of thiocarbonyl (C=S) groups is 1. The lowest BCUT2D eigenvalue weighted by atomic mass is 10.0. The summed E-state index contributed by atoms with van der Waals surface area (Å²) in [7, 11) is 0. The Morgan fingerprint density at radius 1 is 1.19 bits per heavy atom. The van der Waals surface area contributed by atoms with Gasteiger partial charge in [0.1, 0.15) is 4.99 Å². The summed E-state index contributed by atoms with van der Waals surface area (Å²) >= 11 is 4.93. The SMILES string of the molecule is Cc1ccc(C(N)=S)c(=O)n1Cc1ccc(C(C)C)cc1. The smallest absolute Gasteiger partial charge is 0.261 e. The molecule has 0 radical (unpaired) electrons. The number of hydrogen-bond acceptors (Lipinski definition) is 2. The molecule has 0 fully saturated rings. The number of aryl methyl sites for hydroxylation is 1. The van der Waals surface area contributed by atoms with Crippen LogP contribution in [-0.4, -0.2) is 9.56 Å². The highest BCUT2D eigenvalue weighted by atomic mass is 32.1. The molecule has 0 unspecified atom stereocenters. The van der Waals surface area contributed by atoms with Gasteiger partial charge < -0.3 is 10.3 Å². The molecule has 4 heteroatoms. The van der Waals surface area contributed by atoms with Gasteiger partial charge in [-0.3, -0.25) is 4.79 Å². The number of nitrogens with two attached hydrogens (primary N) is 1. The van der Waals surface area contributed by atoms with Crippen LogP contribution >= 0.6 is 12.2 Å². The first kappa shape index (κ1) is 15.4. The van der Waals surface area contributed by atoms with Crippen LogP contribution in [0.3, 0.4) is 0 Å². The van der Waals surface area contributed by atoms with Gasteiger partial charge in [0.25, 0.3) is 5.56 Å². The van der Waals surface area contributed by atoms with Gasteiger partial charge in [0.05, 0.1) is 12.1 Å². The Kier molecular flexibility index (Phi) is 4.58. The van der Waals surface area contributed by atoms with Crippen molar-refractivity contribution in [2.75, 3.05) is 0 Å². The maximum atomic E-state index is 12.4. The molecule has 3 nitrogen and oxygen atoms in total. The number of pyridine rings is 1. The highest BCUT2D eigenvalue weighted by molar-refractivity contribution is 7.80. The van der Waals surface area contributed by atoms with Gasteiger partial charge >= 0.3 is 0 Å². The lowest BCUT2D eigenvalue weighted by molar-refractivity contribution is 0.727. The third-order valence-corrected chi connectivity index (χ3v) is 3.86. The molecule has 0 saturated carbocycles. The summed E-state index contributed by atoms with van der Waals surface area (Å²) in [5.74, 6) is 0.501. The third kappa shape index (κ3) is 3.39. The quantitative estimate of drug-likeness (QED) is 0.883. The van der Waals surface area contributed by atoms with Crippen molar-refractivity contribution in [1.29, 1.82) is 0 Å². The second kappa shape index (κ2) is 6.22. The Hall–Kier alpha value is -1.94. The summed E-state index contributed by atoms with van der Waals surface area (Å²) in [6.07, 6.45) is 0. The van der Waals surface area contributed by atoms with Crippen LogP contribution < -0.4 is 11.3 Å². The average Bonchev–Trinajstić information content (AvgIpc) is 2.43. The van der Waals surface area contributed by atoms with E-state index in [1.807, 2.05) is 13.0 Å². The van der Waals surface area contributed by atoms with Crippen LogP contribution in [0.15, 0.2) is 41.2 Å². The summed E-state index contributed by atoms with van der Waals surface area (Å²) in [4.78, 5) is 12.5. The topological polar surface area (TPSA) is 48.0 Å². The van der Waals surface area contributed by atoms with Gasteiger partial charge in [0, 0.05) is 5.69 Å². The molecule has 1 heterocycles. The molecule has 0 atom stereocenters. The van der Waals surface area contributed by atoms with Crippen molar-refractivity contribution < 1.29 is 0 Å². The molecular weight excluding hydrogens is 280 g/mol. The fourth-order valence-corrected chi connectivity index (χ4v) is 2.40. The summed E-state index contributed by atoms with van der Waals surface area (Å²) < 4.78 is 1.71. The van der Waals surface area contributed by atoms with Crippen LogP contribution in [-0.2, 0) is 6.54 Å². The van der Waals surface area contributed by atoms with Gasteiger partial charge in [0.15, 0.2) is 0 Å². The van der Waals surface area contributed by atoms with Crippen molar-refractivity contribution in [2.24, 2.45) is 5.73 Å². The van der Waals surface area contributed by atoms with Crippen LogP contribution in [0, 0.1) is 6.92 Å². The Labute approximate surface area is 130 Å². The first-order valence-corrected chi connectivity index (χ1v) is 7.40. The van der Waals surface area contributed by atoms with Gasteiger partial charge in [-0.05, 0) is 36.1 Å². The van der Waals surface area contributed by atoms with E-state index in [9.17, 15) is 4.79 Å². The molecule has 1 aromatic carbocycles. The lowest BCUT2D eigenvalue weighted by Crippen LogP contribution is -2.30. The summed E-state index contributed by atoms with van der Waals surface area (Å²) in [5, 5.41) is 0. The molecule has 0 saturated heterocycles. The van der Waals surface area contributed by atoms with Gasteiger partial charge in [0.2, 0.25) is 0 Å². The maximum absolute atomic E-state index is 12.4. The molecule has 2 N–H and O–H groups in total. The van der Waals surface area contributed by atoms with Crippen LogP contribution in [0.4, 0.5) is 0 Å². The second-order valence-corrected chi connectivity index (χ2v) is 5.98. The monoisotopic (exact) mass is 300 g/mol. The van der Waals surface area contributed by atoms with Crippen molar-refractivity contribution in [3.63, 3.8) is 0 Å². The minimum Gasteiger partial charge on any atom is -0.389 e. The van der Waals surface area contributed by atoms with E-state index in [-0.39, 0.29) is 10.5 Å². The van der Waals surface area contributed by atoms with Gasteiger partial charge in [-0.1, -0.05) is 50.3 Å². The number of nitrogens with zero attached hydrogens (tertiary/aromatic N) is 1. The van der Waals surface area contributed by atoms with Crippen LogP contribution in [0.1, 0.15) is 42.1 Å². The summed E-state index contributed by atoms with van der Waals surface area (Å²) in [5.41, 5.74) is 9.14. The summed E-state index contributed by atoms with van der Waals surface area (Å²) in [6, 6.07) is 11.9. The van der Waals surface area contributed by atoms with Crippen molar-refractivity contribution in [1.82, 2.24) is 4.57 Å². The molecular formula is C17H20N2OS. The molecule has 110 valence electrons. The normalized spacial score (nSPS) is 10.9. The van der Waals surface area contributed by atoms with Gasteiger partial charge in [-0.15, -0.1) is 0 Å². The zero-order valence-electron chi connectivity index (χ0n) is 12.6. The first-order chi connectivity index (χ1) is 9.90. The molecule has 0 amide bonds. The van der Waals surface area contributed by atoms with E-state index in [0.717, 1.165) is 11.3 Å². The highest BCUT2D eigenvalue weighted by Gasteiger charge is 2.09. The number of rotatable bonds is 4. The Morgan fingerprint density at radius 2 is 1.81 bits per heavy atom. The number of benzene rings is 1. The highest BCUT2D eigenvalue weighted by Crippen LogP contribution is 2.15. The Bertz CT molecular complexity index is 715. The van der Waals surface area contributed by atoms with Gasteiger partial charge in [-0.25, -0.2) is 0 Å². The molecule has 0 aliphatic rings. The maximum Gasteiger partial charge on any atom is 0.261 e. The molecule has 1 aromatic heterocycles. The van der Waals surface area contributed by atoms with E-state index in [4.69, 9.17) is 18.0 Å². The second-order valence-electron chi connectivity index (χ2n) is 5.54. The van der Waals surface area contributed by atoms with E-state index in [1.54, 1.807) is 10.6 Å². The molecule has 2 aromatic rings. The first-order valence-electron chi connectivity index (χ1n) is 6.99. The third-order valence-electron chi connectivity index (χ3n) is 3.65. The molecule has 0 aliphatic carbocycles. The van der Waals surface area contributed by atoms with Crippen molar-refractivity contribution >= 4 is 17.2 Å². The molecule has 0 bridgehead atoms. The van der Waals surface area contributed by atoms with Crippen LogP contribution in [0.5, 0.6) is 0 Å². The van der Waals surface area contributed by atoms with Crippen molar-refractivity contribution in [2.45, 2.75) is 33.2 Å². The Morgan fingerprint density at radius 3 is 2.33 bits per heavy atom.